The lowest BCUT2D eigenvalue weighted by Crippen LogP contribution is -2.61. The zero-order chi connectivity index (χ0) is 19.7. The maximum Gasteiger partial charge on any atom is 0.338 e. The van der Waals surface area contributed by atoms with Crippen molar-refractivity contribution in [3.05, 3.63) is 42.0 Å². The molecule has 3 aliphatic rings. The van der Waals surface area contributed by atoms with E-state index < -0.39 is 0 Å². The number of ether oxygens (including phenoxy) is 1. The highest BCUT2D eigenvalue weighted by Gasteiger charge is 2.43. The van der Waals surface area contributed by atoms with E-state index in [2.05, 4.69) is 7.05 Å². The van der Waals surface area contributed by atoms with Crippen LogP contribution in [0.15, 0.2) is 36.4 Å². The maximum absolute atomic E-state index is 12.5. The molecule has 6 nitrogen and oxygen atoms in total. The van der Waals surface area contributed by atoms with Crippen molar-refractivity contribution in [1.29, 1.82) is 0 Å². The summed E-state index contributed by atoms with van der Waals surface area (Å²) in [6, 6.07) is 7.03. The highest BCUT2D eigenvalue weighted by Crippen LogP contribution is 2.36. The lowest BCUT2D eigenvalue weighted by atomic mass is 9.82. The van der Waals surface area contributed by atoms with Crippen LogP contribution in [0.2, 0.25) is 0 Å². The number of hydrogen-bond acceptors (Lipinski definition) is 4. The molecule has 148 valence electrons. The molecule has 4 rings (SSSR count). The number of hydrogen-bond donors (Lipinski definition) is 0. The fraction of sp³-hybridized carbons (Fsp3) is 0.500. The highest BCUT2D eigenvalue weighted by molar-refractivity contribution is 6.28. The van der Waals surface area contributed by atoms with Gasteiger partial charge < -0.3 is 9.22 Å². The van der Waals surface area contributed by atoms with Gasteiger partial charge in [-0.2, -0.15) is 0 Å². The molecule has 0 bridgehead atoms. The number of benzene rings is 1. The van der Waals surface area contributed by atoms with Crippen LogP contribution < -0.4 is 4.90 Å². The third-order valence-electron chi connectivity index (χ3n) is 6.61. The van der Waals surface area contributed by atoms with E-state index >= 15 is 0 Å². The predicted octanol–water partition coefficient (Wildman–Crippen LogP) is 2.68. The minimum atomic E-state index is -0.369. The van der Waals surface area contributed by atoms with Gasteiger partial charge in [-0.25, -0.2) is 9.69 Å². The molecule has 0 aromatic heterocycles. The quantitative estimate of drug-likeness (QED) is 0.456. The van der Waals surface area contributed by atoms with Crippen LogP contribution in [0, 0.1) is 5.92 Å². The van der Waals surface area contributed by atoms with Crippen LogP contribution in [0.4, 0.5) is 5.69 Å². The second-order valence-corrected chi connectivity index (χ2v) is 8.38. The van der Waals surface area contributed by atoms with Crippen molar-refractivity contribution in [2.24, 2.45) is 5.92 Å². The summed E-state index contributed by atoms with van der Waals surface area (Å²) in [5.74, 6) is -0.662. The molecule has 3 atom stereocenters. The third kappa shape index (κ3) is 3.49. The number of amides is 2. The predicted molar refractivity (Wildman–Crippen MR) is 105 cm³/mol. The molecule has 2 amide bonds. The van der Waals surface area contributed by atoms with E-state index in [4.69, 9.17) is 4.74 Å². The molecule has 1 aromatic rings. The van der Waals surface area contributed by atoms with Gasteiger partial charge in [-0.3, -0.25) is 9.59 Å². The summed E-state index contributed by atoms with van der Waals surface area (Å²) in [6.07, 6.45) is 8.58. The standard InChI is InChI=1S/C22H27N2O4/c1-24-13-3-2-6-19(24)17(5-4-14-24)15-28-22(27)16-7-9-18(10-8-16)23-20(25)11-12-21(23)26/h7-12,17,19H,2-6,13-15H2,1H3/q+1/t17-,19+,24+/m1/s1. The molecule has 1 aromatic carbocycles. The normalized spacial score (nSPS) is 29.7. The largest absolute Gasteiger partial charge is 0.462 e. The van der Waals surface area contributed by atoms with Crippen LogP contribution in [-0.2, 0) is 14.3 Å². The number of anilines is 1. The summed E-state index contributed by atoms with van der Waals surface area (Å²) in [6.45, 7) is 2.94. The van der Waals surface area contributed by atoms with Crippen molar-refractivity contribution in [2.45, 2.75) is 38.1 Å². The van der Waals surface area contributed by atoms with Gasteiger partial charge in [-0.15, -0.1) is 0 Å². The fourth-order valence-electron chi connectivity index (χ4n) is 5.10. The van der Waals surface area contributed by atoms with Gasteiger partial charge in [0.2, 0.25) is 0 Å². The Labute approximate surface area is 165 Å². The van der Waals surface area contributed by atoms with Gasteiger partial charge in [0, 0.05) is 24.5 Å². The van der Waals surface area contributed by atoms with Crippen molar-refractivity contribution in [1.82, 2.24) is 0 Å². The van der Waals surface area contributed by atoms with E-state index in [0.717, 1.165) is 15.8 Å². The molecule has 0 N–H and O–H groups in total. The summed E-state index contributed by atoms with van der Waals surface area (Å²) in [5, 5.41) is 0. The smallest absolute Gasteiger partial charge is 0.338 e. The first kappa shape index (κ1) is 18.9. The number of quaternary nitrogens is 1. The van der Waals surface area contributed by atoms with E-state index in [0.29, 0.717) is 29.8 Å². The Morgan fingerprint density at radius 3 is 2.43 bits per heavy atom. The summed E-state index contributed by atoms with van der Waals surface area (Å²) >= 11 is 0. The molecule has 28 heavy (non-hydrogen) atoms. The first-order valence-corrected chi connectivity index (χ1v) is 10.2. The number of piperidine rings is 2. The number of esters is 1. The Morgan fingerprint density at radius 2 is 1.71 bits per heavy atom. The van der Waals surface area contributed by atoms with Crippen LogP contribution in [0.3, 0.4) is 0 Å². The number of carbonyl (C=O) groups is 3. The van der Waals surface area contributed by atoms with E-state index in [-0.39, 0.29) is 17.8 Å². The molecular formula is C22H27N2O4+. The summed E-state index contributed by atoms with van der Waals surface area (Å²) in [7, 11) is 2.35. The molecule has 6 heteroatoms. The van der Waals surface area contributed by atoms with Gasteiger partial charge in [-0.05, 0) is 49.9 Å². The van der Waals surface area contributed by atoms with E-state index in [1.807, 2.05) is 0 Å². The molecule has 0 aliphatic carbocycles. The summed E-state index contributed by atoms with van der Waals surface area (Å²) < 4.78 is 6.79. The Hall–Kier alpha value is -2.47. The Kier molecular flexibility index (Phi) is 5.06. The first-order valence-electron chi connectivity index (χ1n) is 10.2. The van der Waals surface area contributed by atoms with Gasteiger partial charge in [0.15, 0.2) is 0 Å². The molecule has 3 heterocycles. The van der Waals surface area contributed by atoms with Gasteiger partial charge in [0.1, 0.15) is 6.61 Å². The number of carbonyl (C=O) groups excluding carboxylic acids is 3. The average Bonchev–Trinajstić information content (AvgIpc) is 3.03. The van der Waals surface area contributed by atoms with Crippen LogP contribution >= 0.6 is 0 Å². The monoisotopic (exact) mass is 383 g/mol. The van der Waals surface area contributed by atoms with Crippen LogP contribution in [-0.4, -0.2) is 55.1 Å². The molecule has 0 saturated carbocycles. The number of imide groups is 1. The van der Waals surface area contributed by atoms with E-state index in [1.165, 1.54) is 50.9 Å². The first-order chi connectivity index (χ1) is 13.5. The van der Waals surface area contributed by atoms with Gasteiger partial charge in [0.05, 0.1) is 37.4 Å². The molecule has 2 saturated heterocycles. The molecule has 0 unspecified atom stereocenters. The third-order valence-corrected chi connectivity index (χ3v) is 6.61. The highest BCUT2D eigenvalue weighted by atomic mass is 16.5. The second-order valence-electron chi connectivity index (χ2n) is 8.38. The molecule has 0 spiro atoms. The van der Waals surface area contributed by atoms with Crippen molar-refractivity contribution in [2.75, 3.05) is 31.6 Å². The topological polar surface area (TPSA) is 63.7 Å². The van der Waals surface area contributed by atoms with E-state index in [9.17, 15) is 14.4 Å². The molecule has 3 aliphatic heterocycles. The molecule has 0 radical (unpaired) electrons. The van der Waals surface area contributed by atoms with Crippen LogP contribution in [0.25, 0.3) is 0 Å². The zero-order valence-corrected chi connectivity index (χ0v) is 16.3. The average molecular weight is 383 g/mol. The van der Waals surface area contributed by atoms with Gasteiger partial charge >= 0.3 is 5.97 Å². The molecular weight excluding hydrogens is 356 g/mol. The van der Waals surface area contributed by atoms with Crippen molar-refractivity contribution >= 4 is 23.5 Å². The Morgan fingerprint density at radius 1 is 1.04 bits per heavy atom. The maximum atomic E-state index is 12.5. The number of rotatable bonds is 4. The van der Waals surface area contributed by atoms with Crippen molar-refractivity contribution in [3.63, 3.8) is 0 Å². The minimum absolute atomic E-state index is 0.348. The van der Waals surface area contributed by atoms with E-state index in [1.54, 1.807) is 24.3 Å². The van der Waals surface area contributed by atoms with Crippen molar-refractivity contribution < 1.29 is 23.6 Å². The summed E-state index contributed by atoms with van der Waals surface area (Å²) in [4.78, 5) is 37.1. The van der Waals surface area contributed by atoms with Gasteiger partial charge in [0.25, 0.3) is 11.8 Å². The summed E-state index contributed by atoms with van der Waals surface area (Å²) in [5.41, 5.74) is 0.895. The SMILES string of the molecule is C[N@@+]12CCCC[C@H]1[C@@H](COC(=O)c1ccc(N3C(=O)C=CC3=O)cc1)CCC2. The lowest BCUT2D eigenvalue weighted by molar-refractivity contribution is -0.947. The Balaban J connectivity index is 1.37. The minimum Gasteiger partial charge on any atom is -0.462 e. The van der Waals surface area contributed by atoms with Gasteiger partial charge in [-0.1, -0.05) is 0 Å². The fourth-order valence-corrected chi connectivity index (χ4v) is 5.10. The van der Waals surface area contributed by atoms with Crippen molar-refractivity contribution in [3.8, 4) is 0 Å². The second kappa shape index (κ2) is 7.51. The van der Waals surface area contributed by atoms with Crippen LogP contribution in [0.1, 0.15) is 42.5 Å². The number of fused-ring (bicyclic) bond motifs is 1. The van der Waals surface area contributed by atoms with Crippen LogP contribution in [0.5, 0.6) is 0 Å². The number of nitrogens with zero attached hydrogens (tertiary/aromatic N) is 2. The zero-order valence-electron chi connectivity index (χ0n) is 16.3. The Bertz CT molecular complexity index is 794. The lowest BCUT2D eigenvalue weighted by Gasteiger charge is -2.51. The molecule has 2 fully saturated rings.